The second-order valence-electron chi connectivity index (χ2n) is 3.98. The maximum absolute atomic E-state index is 4.56. The van der Waals surface area contributed by atoms with E-state index in [-0.39, 0.29) is 0 Å². The predicted molar refractivity (Wildman–Crippen MR) is 83.3 cm³/mol. The monoisotopic (exact) mass is 374 g/mol. The highest BCUT2D eigenvalue weighted by molar-refractivity contribution is 14.1. The number of thiazole rings is 1. The largest absolute Gasteiger partial charge is 0.369 e. The fourth-order valence-electron chi connectivity index (χ4n) is 1.60. The summed E-state index contributed by atoms with van der Waals surface area (Å²) >= 11 is 3.94. The van der Waals surface area contributed by atoms with Crippen LogP contribution in [0.1, 0.15) is 29.1 Å². The minimum Gasteiger partial charge on any atom is -0.369 e. The summed E-state index contributed by atoms with van der Waals surface area (Å²) in [6.45, 7) is 6.95. The first kappa shape index (κ1) is 13.7. The number of hydrogen-bond donors (Lipinski definition) is 1. The molecule has 0 aromatic carbocycles. The van der Waals surface area contributed by atoms with Gasteiger partial charge in [0.15, 0.2) is 0 Å². The summed E-state index contributed by atoms with van der Waals surface area (Å²) in [5.74, 6) is 1.76. The van der Waals surface area contributed by atoms with Gasteiger partial charge in [0.25, 0.3) is 0 Å². The second kappa shape index (κ2) is 5.92. The summed E-state index contributed by atoms with van der Waals surface area (Å²) in [5.41, 5.74) is 2.08. The lowest BCUT2D eigenvalue weighted by atomic mass is 10.3. The quantitative estimate of drug-likeness (QED) is 0.836. The standard InChI is InChI=1S/C12H15IN4S/c1-4-14-12-11(13)8(3)16-9(17-12)5-10-15-7(2)6-18-10/h6H,4-5H2,1-3H3,(H,14,16,17). The lowest BCUT2D eigenvalue weighted by molar-refractivity contribution is 0.919. The van der Waals surface area contributed by atoms with Crippen LogP contribution in [0.25, 0.3) is 0 Å². The zero-order valence-electron chi connectivity index (χ0n) is 10.6. The average molecular weight is 374 g/mol. The molecule has 0 bridgehead atoms. The number of nitrogens with one attached hydrogen (secondary N) is 1. The molecule has 0 aliphatic carbocycles. The van der Waals surface area contributed by atoms with E-state index >= 15 is 0 Å². The van der Waals surface area contributed by atoms with Gasteiger partial charge in [-0.15, -0.1) is 11.3 Å². The van der Waals surface area contributed by atoms with E-state index in [1.165, 1.54) is 0 Å². The molecule has 4 nitrogen and oxygen atoms in total. The molecule has 0 aliphatic heterocycles. The van der Waals surface area contributed by atoms with Crippen molar-refractivity contribution in [1.29, 1.82) is 0 Å². The van der Waals surface area contributed by atoms with Crippen molar-refractivity contribution in [3.63, 3.8) is 0 Å². The number of halogens is 1. The van der Waals surface area contributed by atoms with Crippen LogP contribution in [-0.4, -0.2) is 21.5 Å². The van der Waals surface area contributed by atoms with Crippen molar-refractivity contribution >= 4 is 39.7 Å². The Bertz CT molecular complexity index is 553. The molecule has 0 radical (unpaired) electrons. The van der Waals surface area contributed by atoms with E-state index in [0.717, 1.165) is 38.2 Å². The number of hydrogen-bond acceptors (Lipinski definition) is 5. The highest BCUT2D eigenvalue weighted by Crippen LogP contribution is 2.20. The first-order valence-electron chi connectivity index (χ1n) is 5.78. The molecule has 0 saturated carbocycles. The number of anilines is 1. The van der Waals surface area contributed by atoms with E-state index in [9.17, 15) is 0 Å². The molecule has 0 saturated heterocycles. The second-order valence-corrected chi connectivity index (χ2v) is 6.00. The summed E-state index contributed by atoms with van der Waals surface area (Å²) in [4.78, 5) is 13.5. The molecule has 2 rings (SSSR count). The Morgan fingerprint density at radius 3 is 2.67 bits per heavy atom. The van der Waals surface area contributed by atoms with E-state index in [1.54, 1.807) is 11.3 Å². The summed E-state index contributed by atoms with van der Waals surface area (Å²) in [5, 5.41) is 6.39. The van der Waals surface area contributed by atoms with Gasteiger partial charge in [0, 0.05) is 17.6 Å². The number of aryl methyl sites for hydroxylation is 2. The summed E-state index contributed by atoms with van der Waals surface area (Å²) < 4.78 is 1.09. The fourth-order valence-corrected chi connectivity index (χ4v) is 2.80. The van der Waals surface area contributed by atoms with E-state index in [4.69, 9.17) is 0 Å². The van der Waals surface area contributed by atoms with Crippen molar-refractivity contribution < 1.29 is 0 Å². The van der Waals surface area contributed by atoms with Crippen LogP contribution in [0.15, 0.2) is 5.38 Å². The molecule has 2 heterocycles. The number of rotatable bonds is 4. The van der Waals surface area contributed by atoms with Crippen molar-refractivity contribution in [3.05, 3.63) is 31.2 Å². The minimum absolute atomic E-state index is 0.703. The molecule has 2 aromatic heterocycles. The van der Waals surface area contributed by atoms with Gasteiger partial charge < -0.3 is 5.32 Å². The van der Waals surface area contributed by atoms with Crippen LogP contribution >= 0.6 is 33.9 Å². The maximum Gasteiger partial charge on any atom is 0.143 e. The molecule has 2 aromatic rings. The molecule has 96 valence electrons. The van der Waals surface area contributed by atoms with Gasteiger partial charge in [0.1, 0.15) is 16.6 Å². The van der Waals surface area contributed by atoms with E-state index in [1.807, 2.05) is 13.8 Å². The third kappa shape index (κ3) is 3.17. The first-order valence-corrected chi connectivity index (χ1v) is 7.74. The highest BCUT2D eigenvalue weighted by atomic mass is 127. The summed E-state index contributed by atoms with van der Waals surface area (Å²) in [6, 6.07) is 0. The van der Waals surface area contributed by atoms with Crippen molar-refractivity contribution in [3.8, 4) is 0 Å². The van der Waals surface area contributed by atoms with Crippen molar-refractivity contribution in [2.45, 2.75) is 27.2 Å². The van der Waals surface area contributed by atoms with Crippen LogP contribution in [0.5, 0.6) is 0 Å². The van der Waals surface area contributed by atoms with Gasteiger partial charge >= 0.3 is 0 Å². The summed E-state index contributed by atoms with van der Waals surface area (Å²) in [6.07, 6.45) is 0.703. The van der Waals surface area contributed by atoms with Crippen LogP contribution in [0.4, 0.5) is 5.82 Å². The first-order chi connectivity index (χ1) is 8.60. The molecule has 18 heavy (non-hydrogen) atoms. The molecule has 0 amide bonds. The average Bonchev–Trinajstić information content (AvgIpc) is 2.71. The van der Waals surface area contributed by atoms with Crippen LogP contribution in [0.3, 0.4) is 0 Å². The smallest absolute Gasteiger partial charge is 0.143 e. The number of nitrogens with zero attached hydrogens (tertiary/aromatic N) is 3. The van der Waals surface area contributed by atoms with Crippen LogP contribution < -0.4 is 5.32 Å². The van der Waals surface area contributed by atoms with Crippen LogP contribution in [0.2, 0.25) is 0 Å². The van der Waals surface area contributed by atoms with E-state index in [2.05, 4.69) is 55.2 Å². The topological polar surface area (TPSA) is 50.7 Å². The SMILES string of the molecule is CCNc1nc(Cc2nc(C)cs2)nc(C)c1I. The zero-order valence-corrected chi connectivity index (χ0v) is 13.6. The Labute approximate surface area is 124 Å². The van der Waals surface area contributed by atoms with Crippen molar-refractivity contribution in [2.75, 3.05) is 11.9 Å². The van der Waals surface area contributed by atoms with Gasteiger partial charge in [-0.05, 0) is 43.4 Å². The normalized spacial score (nSPS) is 10.7. The Hall–Kier alpha value is -0.760. The van der Waals surface area contributed by atoms with Crippen molar-refractivity contribution in [2.24, 2.45) is 0 Å². The number of aromatic nitrogens is 3. The van der Waals surface area contributed by atoms with Crippen molar-refractivity contribution in [1.82, 2.24) is 15.0 Å². The van der Waals surface area contributed by atoms with Gasteiger partial charge in [-0.25, -0.2) is 15.0 Å². The van der Waals surface area contributed by atoms with Gasteiger partial charge in [0.05, 0.1) is 15.7 Å². The van der Waals surface area contributed by atoms with Gasteiger partial charge in [-0.3, -0.25) is 0 Å². The summed E-state index contributed by atoms with van der Waals surface area (Å²) in [7, 11) is 0. The molecule has 0 aliphatic rings. The molecule has 0 atom stereocenters. The predicted octanol–water partition coefficient (Wildman–Crippen LogP) is 3.18. The molecule has 0 fully saturated rings. The Morgan fingerprint density at radius 2 is 2.06 bits per heavy atom. The third-order valence-corrected chi connectivity index (χ3v) is 4.64. The van der Waals surface area contributed by atoms with Crippen LogP contribution in [0, 0.1) is 17.4 Å². The Kier molecular flexibility index (Phi) is 4.50. The van der Waals surface area contributed by atoms with E-state index in [0.29, 0.717) is 6.42 Å². The fraction of sp³-hybridized carbons (Fsp3) is 0.417. The highest BCUT2D eigenvalue weighted by Gasteiger charge is 2.10. The van der Waals surface area contributed by atoms with Gasteiger partial charge in [0.2, 0.25) is 0 Å². The molecular formula is C12H15IN4S. The maximum atomic E-state index is 4.56. The van der Waals surface area contributed by atoms with Crippen LogP contribution in [-0.2, 0) is 6.42 Å². The lowest BCUT2D eigenvalue weighted by Crippen LogP contribution is -2.08. The molecule has 0 spiro atoms. The zero-order chi connectivity index (χ0) is 13.1. The lowest BCUT2D eigenvalue weighted by Gasteiger charge is -2.09. The van der Waals surface area contributed by atoms with Gasteiger partial charge in [-0.1, -0.05) is 0 Å². The van der Waals surface area contributed by atoms with Gasteiger partial charge in [-0.2, -0.15) is 0 Å². The minimum atomic E-state index is 0.703. The molecule has 6 heteroatoms. The Balaban J connectivity index is 2.28. The van der Waals surface area contributed by atoms with E-state index < -0.39 is 0 Å². The molecule has 0 unspecified atom stereocenters. The molecule has 1 N–H and O–H groups in total. The molecular weight excluding hydrogens is 359 g/mol. The Morgan fingerprint density at radius 1 is 1.28 bits per heavy atom. The third-order valence-electron chi connectivity index (χ3n) is 2.38.